The molecule has 198 valence electrons. The summed E-state index contributed by atoms with van der Waals surface area (Å²) >= 11 is 0. The molecule has 5 rings (SSSR count). The monoisotopic (exact) mass is 531 g/mol. The number of anilines is 1. The summed E-state index contributed by atoms with van der Waals surface area (Å²) in [5.41, 5.74) is 5.90. The molecular weight excluding hydrogens is 498 g/mol. The molecule has 0 radical (unpaired) electrons. The number of nitrogens with zero attached hydrogens (tertiary/aromatic N) is 3. The van der Waals surface area contributed by atoms with Gasteiger partial charge in [0.1, 0.15) is 6.10 Å². The zero-order valence-corrected chi connectivity index (χ0v) is 22.7. The van der Waals surface area contributed by atoms with Crippen molar-refractivity contribution < 1.29 is 13.2 Å². The van der Waals surface area contributed by atoms with Gasteiger partial charge in [0.15, 0.2) is 9.84 Å². The molecule has 3 heterocycles. The van der Waals surface area contributed by atoms with Crippen LogP contribution in [0.2, 0.25) is 0 Å². The molecule has 0 spiro atoms. The number of rotatable bonds is 9. The third kappa shape index (κ3) is 6.23. The maximum atomic E-state index is 11.8. The van der Waals surface area contributed by atoms with E-state index in [1.807, 2.05) is 74.2 Å². The third-order valence-electron chi connectivity index (χ3n) is 6.77. The van der Waals surface area contributed by atoms with Crippen LogP contribution in [0.4, 0.5) is 5.69 Å². The van der Waals surface area contributed by atoms with Gasteiger partial charge in [0, 0.05) is 43.4 Å². The Labute approximate surface area is 224 Å². The minimum absolute atomic E-state index is 0.0458. The molecule has 1 aliphatic heterocycles. The molecule has 0 bridgehead atoms. The van der Waals surface area contributed by atoms with Gasteiger partial charge in [0.2, 0.25) is 5.88 Å². The Morgan fingerprint density at radius 3 is 2.61 bits per heavy atom. The molecule has 1 aliphatic rings. The molecule has 38 heavy (non-hydrogen) atoms. The fourth-order valence-electron chi connectivity index (χ4n) is 4.82. The van der Waals surface area contributed by atoms with Gasteiger partial charge in [-0.3, -0.25) is 4.68 Å². The number of aromatic nitrogens is 3. The van der Waals surface area contributed by atoms with Crippen LogP contribution >= 0.6 is 0 Å². The van der Waals surface area contributed by atoms with E-state index in [9.17, 15) is 8.42 Å². The summed E-state index contributed by atoms with van der Waals surface area (Å²) in [5, 5.41) is 11.5. The van der Waals surface area contributed by atoms with E-state index in [-0.39, 0.29) is 23.8 Å². The first kappa shape index (κ1) is 25.9. The predicted octanol–water partition coefficient (Wildman–Crippen LogP) is 4.33. The Morgan fingerprint density at radius 1 is 1.08 bits per heavy atom. The summed E-state index contributed by atoms with van der Waals surface area (Å²) < 4.78 is 31.7. The van der Waals surface area contributed by atoms with Crippen LogP contribution in [-0.4, -0.2) is 48.6 Å². The first-order chi connectivity index (χ1) is 18.2. The fourth-order valence-corrected chi connectivity index (χ4v) is 5.61. The van der Waals surface area contributed by atoms with Crippen molar-refractivity contribution in [2.24, 2.45) is 7.05 Å². The molecule has 2 aromatic heterocycles. The van der Waals surface area contributed by atoms with Gasteiger partial charge in [-0.1, -0.05) is 61.5 Å². The van der Waals surface area contributed by atoms with Gasteiger partial charge in [-0.05, 0) is 28.7 Å². The Morgan fingerprint density at radius 2 is 1.87 bits per heavy atom. The first-order valence-electron chi connectivity index (χ1n) is 12.7. The lowest BCUT2D eigenvalue weighted by Gasteiger charge is -2.34. The van der Waals surface area contributed by atoms with E-state index >= 15 is 0 Å². The minimum Gasteiger partial charge on any atom is -0.469 e. The van der Waals surface area contributed by atoms with Gasteiger partial charge in [-0.15, -0.1) is 0 Å². The Kier molecular flexibility index (Phi) is 7.49. The fraction of sp³-hybridized carbons (Fsp3) is 0.310. The second-order valence-electron chi connectivity index (χ2n) is 10.0. The molecule has 0 saturated carbocycles. The maximum absolute atomic E-state index is 11.8. The molecule has 0 amide bonds. The topological polar surface area (TPSA) is 98.1 Å². The number of hydrogen-bond donors (Lipinski definition) is 2. The molecule has 8 nitrogen and oxygen atoms in total. The minimum atomic E-state index is -3.09. The van der Waals surface area contributed by atoms with Gasteiger partial charge < -0.3 is 15.4 Å². The van der Waals surface area contributed by atoms with E-state index in [0.29, 0.717) is 19.0 Å². The van der Waals surface area contributed by atoms with Crippen molar-refractivity contribution in [1.29, 1.82) is 0 Å². The zero-order valence-electron chi connectivity index (χ0n) is 21.8. The molecule has 0 fully saturated rings. The summed E-state index contributed by atoms with van der Waals surface area (Å²) in [5.74, 6) is 0.798. The summed E-state index contributed by atoms with van der Waals surface area (Å²) in [6.07, 6.45) is 6.69. The summed E-state index contributed by atoms with van der Waals surface area (Å²) in [7, 11) is -1.19. The highest BCUT2D eigenvalue weighted by Gasteiger charge is 2.30. The van der Waals surface area contributed by atoms with Gasteiger partial charge in [0.05, 0.1) is 30.2 Å². The standard InChI is InChI=1S/C29H33N5O3S/c1-20(23-11-7-8-21(12-23)19-38(3,35)36)14-31-28(22-9-5-4-6-10-22)27-17-30-26-13-24(15-32-29(26)37-27)25-16-33-34(2)18-25/h4-13,15-16,18,20,27-28,30-31H,14,17,19H2,1-3H3/t20-,27-,28+/m0/s1. The molecule has 0 unspecified atom stereocenters. The van der Waals surface area contributed by atoms with Gasteiger partial charge >= 0.3 is 0 Å². The average molecular weight is 532 g/mol. The SMILES string of the molecule is C[C@@H](CN[C@H](c1ccccc1)[C@@H]1CNc2cc(-c3cnn(C)c3)cnc2O1)c1cccc(CS(C)(=O)=O)c1. The van der Waals surface area contributed by atoms with E-state index in [0.717, 1.165) is 33.5 Å². The Bertz CT molecular complexity index is 1500. The predicted molar refractivity (Wildman–Crippen MR) is 150 cm³/mol. The summed E-state index contributed by atoms with van der Waals surface area (Å²) in [6, 6.07) is 20.1. The smallest absolute Gasteiger partial charge is 0.237 e. The third-order valence-corrected chi connectivity index (χ3v) is 7.63. The first-order valence-corrected chi connectivity index (χ1v) is 14.8. The highest BCUT2D eigenvalue weighted by Crippen LogP contribution is 2.34. The van der Waals surface area contributed by atoms with Crippen molar-refractivity contribution in [3.8, 4) is 17.0 Å². The Balaban J connectivity index is 1.32. The molecule has 3 atom stereocenters. The number of pyridine rings is 1. The van der Waals surface area contributed by atoms with Crippen molar-refractivity contribution in [3.05, 3.63) is 95.9 Å². The number of sulfone groups is 1. The second-order valence-corrected chi connectivity index (χ2v) is 12.2. The van der Waals surface area contributed by atoms with Crippen LogP contribution in [-0.2, 0) is 22.6 Å². The highest BCUT2D eigenvalue weighted by molar-refractivity contribution is 7.89. The molecule has 4 aromatic rings. The van der Waals surface area contributed by atoms with Crippen molar-refractivity contribution in [2.45, 2.75) is 30.7 Å². The second kappa shape index (κ2) is 11.0. The van der Waals surface area contributed by atoms with Gasteiger partial charge in [-0.2, -0.15) is 5.10 Å². The van der Waals surface area contributed by atoms with Gasteiger partial charge in [0.25, 0.3) is 0 Å². The van der Waals surface area contributed by atoms with Crippen LogP contribution < -0.4 is 15.4 Å². The summed E-state index contributed by atoms with van der Waals surface area (Å²) in [4.78, 5) is 4.61. The van der Waals surface area contributed by atoms with Crippen LogP contribution in [0.15, 0.2) is 79.3 Å². The number of ether oxygens (including phenoxy) is 1. The number of hydrogen-bond acceptors (Lipinski definition) is 7. The Hall–Kier alpha value is -3.69. The van der Waals surface area contributed by atoms with E-state index in [4.69, 9.17) is 4.74 Å². The molecular formula is C29H33N5O3S. The maximum Gasteiger partial charge on any atom is 0.237 e. The summed E-state index contributed by atoms with van der Waals surface area (Å²) in [6.45, 7) is 3.46. The van der Waals surface area contributed by atoms with Crippen LogP contribution in [0.3, 0.4) is 0 Å². The van der Waals surface area contributed by atoms with E-state index < -0.39 is 9.84 Å². The van der Waals surface area contributed by atoms with Gasteiger partial charge in [-0.25, -0.2) is 13.4 Å². The normalized spacial score (nSPS) is 16.7. The number of nitrogens with one attached hydrogen (secondary N) is 2. The highest BCUT2D eigenvalue weighted by atomic mass is 32.2. The number of aryl methyl sites for hydroxylation is 1. The van der Waals surface area contributed by atoms with Crippen LogP contribution in [0.5, 0.6) is 5.88 Å². The number of benzene rings is 2. The molecule has 2 N–H and O–H groups in total. The lowest BCUT2D eigenvalue weighted by atomic mass is 9.96. The molecule has 2 aromatic carbocycles. The van der Waals surface area contributed by atoms with Crippen molar-refractivity contribution in [3.63, 3.8) is 0 Å². The molecule has 0 saturated heterocycles. The average Bonchev–Trinajstić information content (AvgIpc) is 3.34. The largest absolute Gasteiger partial charge is 0.469 e. The quantitative estimate of drug-likeness (QED) is 0.332. The van der Waals surface area contributed by atoms with Crippen molar-refractivity contribution in [1.82, 2.24) is 20.1 Å². The lowest BCUT2D eigenvalue weighted by molar-refractivity contribution is 0.149. The van der Waals surface area contributed by atoms with E-state index in [2.05, 4.69) is 39.8 Å². The molecule has 0 aliphatic carbocycles. The van der Waals surface area contributed by atoms with E-state index in [1.54, 1.807) is 4.68 Å². The van der Waals surface area contributed by atoms with Crippen LogP contribution in [0.1, 0.15) is 35.6 Å². The number of fused-ring (bicyclic) bond motifs is 1. The molecule has 9 heteroatoms. The lowest BCUT2D eigenvalue weighted by Crippen LogP contribution is -2.43. The zero-order chi connectivity index (χ0) is 26.7. The van der Waals surface area contributed by atoms with E-state index in [1.165, 1.54) is 6.26 Å². The van der Waals surface area contributed by atoms with Crippen molar-refractivity contribution in [2.75, 3.05) is 24.7 Å². The van der Waals surface area contributed by atoms with Crippen LogP contribution in [0, 0.1) is 0 Å². The van der Waals surface area contributed by atoms with Crippen molar-refractivity contribution >= 4 is 15.5 Å². The van der Waals surface area contributed by atoms with Crippen LogP contribution in [0.25, 0.3) is 11.1 Å².